The minimum absolute atomic E-state index is 0.225. The molecule has 96 valence electrons. The van der Waals surface area contributed by atoms with Gasteiger partial charge in [-0.15, -0.1) is 11.3 Å². The van der Waals surface area contributed by atoms with E-state index in [4.69, 9.17) is 5.73 Å². The third kappa shape index (κ3) is 2.94. The Labute approximate surface area is 110 Å². The molecule has 2 heterocycles. The smallest absolute Gasteiger partial charge is 0.242 e. The van der Waals surface area contributed by atoms with Gasteiger partial charge in [-0.05, 0) is 29.1 Å². The SMILES string of the molecule is NCc1sccc1S(=O)(=O)NCc1ccncc1. The first kappa shape index (κ1) is 13.2. The molecule has 7 heteroatoms. The minimum Gasteiger partial charge on any atom is -0.326 e. The van der Waals surface area contributed by atoms with Crippen LogP contribution in [0, 0.1) is 0 Å². The molecule has 0 unspecified atom stereocenters. The number of hydrogen-bond donors (Lipinski definition) is 2. The number of nitrogens with two attached hydrogens (primary N) is 1. The maximum atomic E-state index is 12.1. The number of thiophene rings is 1. The number of pyridine rings is 1. The van der Waals surface area contributed by atoms with Crippen molar-refractivity contribution < 1.29 is 8.42 Å². The van der Waals surface area contributed by atoms with E-state index in [1.807, 2.05) is 0 Å². The molecule has 2 rings (SSSR count). The number of hydrogen-bond acceptors (Lipinski definition) is 5. The maximum Gasteiger partial charge on any atom is 0.242 e. The third-order valence-corrected chi connectivity index (χ3v) is 4.95. The van der Waals surface area contributed by atoms with E-state index in [-0.39, 0.29) is 18.0 Å². The standard InChI is InChI=1S/C11H13N3O2S2/c12-7-10-11(3-6-17-10)18(15,16)14-8-9-1-4-13-5-2-9/h1-6,14H,7-8,12H2. The predicted octanol–water partition coefficient (Wildman–Crippen LogP) is 1.08. The van der Waals surface area contributed by atoms with Crippen molar-refractivity contribution in [2.45, 2.75) is 18.0 Å². The molecular formula is C11H13N3O2S2. The molecule has 0 bridgehead atoms. The van der Waals surface area contributed by atoms with Gasteiger partial charge in [0.2, 0.25) is 10.0 Å². The Balaban J connectivity index is 2.13. The number of rotatable bonds is 5. The average molecular weight is 283 g/mol. The van der Waals surface area contributed by atoms with E-state index < -0.39 is 10.0 Å². The average Bonchev–Trinajstić information content (AvgIpc) is 2.87. The molecule has 0 fully saturated rings. The fourth-order valence-electron chi connectivity index (χ4n) is 1.47. The Morgan fingerprint density at radius 3 is 2.67 bits per heavy atom. The molecule has 0 saturated heterocycles. The van der Waals surface area contributed by atoms with Gasteiger partial charge in [0, 0.05) is 30.4 Å². The fourth-order valence-corrected chi connectivity index (χ4v) is 3.82. The molecule has 5 nitrogen and oxygen atoms in total. The lowest BCUT2D eigenvalue weighted by molar-refractivity contribution is 0.580. The largest absolute Gasteiger partial charge is 0.326 e. The Hall–Kier alpha value is -1.28. The molecule has 2 aromatic rings. The van der Waals surface area contributed by atoms with Crippen LogP contribution in [-0.4, -0.2) is 13.4 Å². The van der Waals surface area contributed by atoms with Crippen LogP contribution in [0.5, 0.6) is 0 Å². The van der Waals surface area contributed by atoms with E-state index in [1.165, 1.54) is 11.3 Å². The Morgan fingerprint density at radius 2 is 2.00 bits per heavy atom. The van der Waals surface area contributed by atoms with Crippen molar-refractivity contribution in [3.8, 4) is 0 Å². The topological polar surface area (TPSA) is 85.1 Å². The third-order valence-electron chi connectivity index (χ3n) is 2.40. The minimum atomic E-state index is -3.50. The van der Waals surface area contributed by atoms with Gasteiger partial charge in [-0.1, -0.05) is 0 Å². The highest BCUT2D eigenvalue weighted by Crippen LogP contribution is 2.21. The quantitative estimate of drug-likeness (QED) is 0.860. The molecule has 2 aromatic heterocycles. The number of nitrogens with one attached hydrogen (secondary N) is 1. The first-order valence-electron chi connectivity index (χ1n) is 5.28. The Bertz CT molecular complexity index is 608. The highest BCUT2D eigenvalue weighted by atomic mass is 32.2. The summed E-state index contributed by atoms with van der Waals surface area (Å²) in [6, 6.07) is 5.10. The summed E-state index contributed by atoms with van der Waals surface area (Å²) in [6.45, 7) is 0.466. The van der Waals surface area contributed by atoms with E-state index >= 15 is 0 Å². The van der Waals surface area contributed by atoms with Gasteiger partial charge in [-0.25, -0.2) is 13.1 Å². The number of nitrogens with zero attached hydrogens (tertiary/aromatic N) is 1. The van der Waals surface area contributed by atoms with Gasteiger partial charge in [-0.2, -0.15) is 0 Å². The summed E-state index contributed by atoms with van der Waals surface area (Å²) >= 11 is 1.34. The van der Waals surface area contributed by atoms with Crippen molar-refractivity contribution in [1.82, 2.24) is 9.71 Å². The van der Waals surface area contributed by atoms with Gasteiger partial charge in [0.15, 0.2) is 0 Å². The molecule has 3 N–H and O–H groups in total. The predicted molar refractivity (Wildman–Crippen MR) is 70.5 cm³/mol. The summed E-state index contributed by atoms with van der Waals surface area (Å²) in [4.78, 5) is 4.81. The number of sulfonamides is 1. The zero-order valence-electron chi connectivity index (χ0n) is 9.54. The lowest BCUT2D eigenvalue weighted by Gasteiger charge is -2.06. The second kappa shape index (κ2) is 5.57. The molecule has 18 heavy (non-hydrogen) atoms. The van der Waals surface area contributed by atoms with Gasteiger partial charge in [0.1, 0.15) is 0 Å². The second-order valence-corrected chi connectivity index (χ2v) is 6.33. The van der Waals surface area contributed by atoms with Crippen LogP contribution < -0.4 is 10.5 Å². The fraction of sp³-hybridized carbons (Fsp3) is 0.182. The first-order valence-corrected chi connectivity index (χ1v) is 7.65. The van der Waals surface area contributed by atoms with Crippen molar-refractivity contribution in [1.29, 1.82) is 0 Å². The van der Waals surface area contributed by atoms with Crippen LogP contribution in [0.1, 0.15) is 10.4 Å². The molecule has 0 aliphatic rings. The van der Waals surface area contributed by atoms with E-state index in [1.54, 1.807) is 36.0 Å². The summed E-state index contributed by atoms with van der Waals surface area (Å²) in [6.07, 6.45) is 3.25. The molecule has 0 aromatic carbocycles. The van der Waals surface area contributed by atoms with Crippen molar-refractivity contribution in [2.24, 2.45) is 5.73 Å². The van der Waals surface area contributed by atoms with Crippen LogP contribution in [0.2, 0.25) is 0 Å². The first-order chi connectivity index (χ1) is 8.63. The second-order valence-electron chi connectivity index (χ2n) is 3.59. The van der Waals surface area contributed by atoms with Gasteiger partial charge >= 0.3 is 0 Å². The van der Waals surface area contributed by atoms with Crippen LogP contribution in [-0.2, 0) is 23.1 Å². The van der Waals surface area contributed by atoms with E-state index in [2.05, 4.69) is 9.71 Å². The summed E-state index contributed by atoms with van der Waals surface area (Å²) in [5, 5.41) is 1.73. The highest BCUT2D eigenvalue weighted by Gasteiger charge is 2.18. The van der Waals surface area contributed by atoms with Crippen LogP contribution in [0.15, 0.2) is 40.9 Å². The van der Waals surface area contributed by atoms with E-state index in [0.29, 0.717) is 4.88 Å². The van der Waals surface area contributed by atoms with Crippen LogP contribution in [0.3, 0.4) is 0 Å². The van der Waals surface area contributed by atoms with Gasteiger partial charge < -0.3 is 5.73 Å². The lowest BCUT2D eigenvalue weighted by Crippen LogP contribution is -2.24. The Kier molecular flexibility index (Phi) is 4.07. The van der Waals surface area contributed by atoms with Crippen LogP contribution in [0.4, 0.5) is 0 Å². The van der Waals surface area contributed by atoms with E-state index in [0.717, 1.165) is 5.56 Å². The van der Waals surface area contributed by atoms with Gasteiger partial charge in [0.25, 0.3) is 0 Å². The van der Waals surface area contributed by atoms with Crippen molar-refractivity contribution in [3.63, 3.8) is 0 Å². The summed E-state index contributed by atoms with van der Waals surface area (Å²) in [5.74, 6) is 0. The molecule has 0 aliphatic carbocycles. The molecule has 0 radical (unpaired) electrons. The van der Waals surface area contributed by atoms with Crippen molar-refractivity contribution in [2.75, 3.05) is 0 Å². The lowest BCUT2D eigenvalue weighted by atomic mass is 10.3. The maximum absolute atomic E-state index is 12.1. The summed E-state index contributed by atoms with van der Waals surface area (Å²) in [7, 11) is -3.50. The zero-order valence-corrected chi connectivity index (χ0v) is 11.2. The van der Waals surface area contributed by atoms with E-state index in [9.17, 15) is 8.42 Å². The number of aromatic nitrogens is 1. The van der Waals surface area contributed by atoms with Crippen molar-refractivity contribution in [3.05, 3.63) is 46.4 Å². The Morgan fingerprint density at radius 1 is 1.28 bits per heavy atom. The molecule has 0 amide bonds. The van der Waals surface area contributed by atoms with Crippen LogP contribution >= 0.6 is 11.3 Å². The molecule has 0 spiro atoms. The van der Waals surface area contributed by atoms with Crippen LogP contribution in [0.25, 0.3) is 0 Å². The molecule has 0 atom stereocenters. The monoisotopic (exact) mass is 283 g/mol. The summed E-state index contributed by atoms with van der Waals surface area (Å²) < 4.78 is 26.7. The molecule has 0 aliphatic heterocycles. The normalized spacial score (nSPS) is 11.6. The molecular weight excluding hydrogens is 270 g/mol. The summed E-state index contributed by atoms with van der Waals surface area (Å²) in [5.41, 5.74) is 6.37. The zero-order chi connectivity index (χ0) is 13.0. The van der Waals surface area contributed by atoms with Gasteiger partial charge in [0.05, 0.1) is 4.90 Å². The van der Waals surface area contributed by atoms with Gasteiger partial charge in [-0.3, -0.25) is 4.98 Å². The van der Waals surface area contributed by atoms with Crippen molar-refractivity contribution >= 4 is 21.4 Å². The molecule has 0 saturated carbocycles. The highest BCUT2D eigenvalue weighted by molar-refractivity contribution is 7.89.